The van der Waals surface area contributed by atoms with Gasteiger partial charge in [0.1, 0.15) is 16.8 Å². The van der Waals surface area contributed by atoms with E-state index in [1.165, 1.54) is 50.1 Å². The number of benzene rings is 7. The fourth-order valence-corrected chi connectivity index (χ4v) is 10.5. The standard InChI is InChI=1S/C50H30N4S/c1-2-46-53-42-13-7-8-14-43(42)54(46)34-22-19-31(20-23-34)33-21-24-40-37(27-33)35-9-3-5-11-38(35)50(40)39-12-6-4-10-36(39)48-41(50)25-26-44-49(48)47(45(29-52)55-44)32-17-15-30(28-51)16-18-32/h3-27H,2H2,1H3. The molecule has 0 fully saturated rings. The van der Waals surface area contributed by atoms with Gasteiger partial charge in [-0.05, 0) is 110 Å². The number of nitrogens with zero attached hydrogens (tertiary/aromatic N) is 4. The number of para-hydroxylation sites is 2. The molecule has 7 aromatic carbocycles. The molecule has 0 saturated carbocycles. The van der Waals surface area contributed by atoms with E-state index in [1.807, 2.05) is 30.3 Å². The van der Waals surface area contributed by atoms with Crippen LogP contribution < -0.4 is 0 Å². The molecule has 0 aliphatic heterocycles. The molecule has 0 bridgehead atoms. The van der Waals surface area contributed by atoms with E-state index >= 15 is 0 Å². The zero-order valence-corrected chi connectivity index (χ0v) is 30.7. The van der Waals surface area contributed by atoms with Crippen LogP contribution in [0, 0.1) is 22.7 Å². The third-order valence-electron chi connectivity index (χ3n) is 11.7. The van der Waals surface area contributed by atoms with Crippen LogP contribution in [0.15, 0.2) is 152 Å². The van der Waals surface area contributed by atoms with Gasteiger partial charge in [0.05, 0.1) is 28.1 Å². The SMILES string of the molecule is CCc1nc2ccccc2n1-c1ccc(-c2ccc3c(c2)-c2ccccc2C32c3ccccc3-c3c2ccc2sc(C#N)c(-c4ccc(C#N)cc4)c32)cc1. The van der Waals surface area contributed by atoms with Crippen molar-refractivity contribution in [1.82, 2.24) is 9.55 Å². The van der Waals surface area contributed by atoms with E-state index in [9.17, 15) is 10.5 Å². The van der Waals surface area contributed by atoms with Crippen LogP contribution in [0.25, 0.3) is 71.3 Å². The van der Waals surface area contributed by atoms with E-state index in [-0.39, 0.29) is 0 Å². The van der Waals surface area contributed by atoms with Gasteiger partial charge in [-0.15, -0.1) is 11.3 Å². The van der Waals surface area contributed by atoms with Crippen LogP contribution in [0.4, 0.5) is 0 Å². The maximum absolute atomic E-state index is 10.4. The Balaban J connectivity index is 1.12. The minimum atomic E-state index is -0.524. The molecule has 0 amide bonds. The number of imidazole rings is 1. The highest BCUT2D eigenvalue weighted by atomic mass is 32.1. The van der Waals surface area contributed by atoms with Gasteiger partial charge in [0.2, 0.25) is 0 Å². The van der Waals surface area contributed by atoms with E-state index in [0.717, 1.165) is 55.7 Å². The molecule has 9 aromatic rings. The van der Waals surface area contributed by atoms with Crippen molar-refractivity contribution in [3.8, 4) is 62.3 Å². The van der Waals surface area contributed by atoms with E-state index in [2.05, 4.69) is 145 Å². The Morgan fingerprint density at radius 2 is 1.25 bits per heavy atom. The minimum absolute atomic E-state index is 0.524. The molecular formula is C50H30N4S. The summed E-state index contributed by atoms with van der Waals surface area (Å²) in [5.41, 5.74) is 17.5. The molecule has 55 heavy (non-hydrogen) atoms. The fraction of sp³-hybridized carbons (Fsp3) is 0.0600. The second-order valence-electron chi connectivity index (χ2n) is 14.3. The highest BCUT2D eigenvalue weighted by Gasteiger charge is 2.52. The molecule has 11 rings (SSSR count). The summed E-state index contributed by atoms with van der Waals surface area (Å²) < 4.78 is 3.36. The molecule has 2 aromatic heterocycles. The van der Waals surface area contributed by atoms with Crippen molar-refractivity contribution in [1.29, 1.82) is 10.5 Å². The molecule has 2 aliphatic rings. The zero-order chi connectivity index (χ0) is 36.8. The molecular weight excluding hydrogens is 689 g/mol. The Labute approximate surface area is 322 Å². The van der Waals surface area contributed by atoms with Crippen LogP contribution in [0.1, 0.15) is 45.4 Å². The lowest BCUT2D eigenvalue weighted by Gasteiger charge is -2.30. The number of hydrogen-bond donors (Lipinski definition) is 0. The summed E-state index contributed by atoms with van der Waals surface area (Å²) in [4.78, 5) is 5.59. The molecule has 5 heteroatoms. The van der Waals surface area contributed by atoms with Crippen LogP contribution >= 0.6 is 11.3 Å². The highest BCUT2D eigenvalue weighted by Crippen LogP contribution is 2.65. The Kier molecular flexibility index (Phi) is 6.71. The minimum Gasteiger partial charge on any atom is -0.296 e. The number of nitriles is 2. The smallest absolute Gasteiger partial charge is 0.114 e. The van der Waals surface area contributed by atoms with E-state index in [1.54, 1.807) is 11.3 Å². The summed E-state index contributed by atoms with van der Waals surface area (Å²) in [6.45, 7) is 2.16. The number of aromatic nitrogens is 2. The van der Waals surface area contributed by atoms with Crippen molar-refractivity contribution < 1.29 is 0 Å². The predicted molar refractivity (Wildman–Crippen MR) is 222 cm³/mol. The average Bonchev–Trinajstić information content (AvgIpc) is 3.98. The lowest BCUT2D eigenvalue weighted by Crippen LogP contribution is -2.25. The molecule has 0 saturated heterocycles. The van der Waals surface area contributed by atoms with Gasteiger partial charge in [-0.25, -0.2) is 4.98 Å². The maximum atomic E-state index is 10.4. The Morgan fingerprint density at radius 1 is 0.600 bits per heavy atom. The van der Waals surface area contributed by atoms with Crippen LogP contribution in [-0.2, 0) is 11.8 Å². The number of hydrogen-bond acceptors (Lipinski definition) is 4. The first-order valence-corrected chi connectivity index (χ1v) is 19.4. The van der Waals surface area contributed by atoms with E-state index in [0.29, 0.717) is 10.4 Å². The molecule has 1 spiro atoms. The van der Waals surface area contributed by atoms with Gasteiger partial charge in [-0.2, -0.15) is 10.5 Å². The first-order chi connectivity index (χ1) is 27.1. The summed E-state index contributed by atoms with van der Waals surface area (Å²) in [5.74, 6) is 1.05. The number of aryl methyl sites for hydroxylation is 1. The third-order valence-corrected chi connectivity index (χ3v) is 12.8. The van der Waals surface area contributed by atoms with Gasteiger partial charge < -0.3 is 0 Å². The lowest BCUT2D eigenvalue weighted by molar-refractivity contribution is 0.794. The molecule has 2 aliphatic carbocycles. The van der Waals surface area contributed by atoms with Gasteiger partial charge in [-0.3, -0.25) is 4.57 Å². The summed E-state index contributed by atoms with van der Waals surface area (Å²) >= 11 is 1.54. The van der Waals surface area contributed by atoms with Crippen LogP contribution in [0.2, 0.25) is 0 Å². The van der Waals surface area contributed by atoms with Crippen molar-refractivity contribution in [2.24, 2.45) is 0 Å². The number of rotatable bonds is 4. The quantitative estimate of drug-likeness (QED) is 0.182. The van der Waals surface area contributed by atoms with Gasteiger partial charge >= 0.3 is 0 Å². The topological polar surface area (TPSA) is 65.4 Å². The first kappa shape index (κ1) is 31.5. The third kappa shape index (κ3) is 4.22. The summed E-state index contributed by atoms with van der Waals surface area (Å²) in [7, 11) is 0. The van der Waals surface area contributed by atoms with Crippen molar-refractivity contribution in [2.45, 2.75) is 18.8 Å². The molecule has 0 radical (unpaired) electrons. The number of fused-ring (bicyclic) bond motifs is 13. The van der Waals surface area contributed by atoms with E-state index in [4.69, 9.17) is 4.98 Å². The largest absolute Gasteiger partial charge is 0.296 e. The lowest BCUT2D eigenvalue weighted by atomic mass is 9.70. The van der Waals surface area contributed by atoms with Crippen LogP contribution in [0.5, 0.6) is 0 Å². The molecule has 256 valence electrons. The zero-order valence-electron chi connectivity index (χ0n) is 29.8. The summed E-state index contributed by atoms with van der Waals surface area (Å²) in [6.07, 6.45) is 0.850. The van der Waals surface area contributed by atoms with Gasteiger partial charge in [0.15, 0.2) is 0 Å². The first-order valence-electron chi connectivity index (χ1n) is 18.6. The number of thiophene rings is 1. The van der Waals surface area contributed by atoms with Crippen molar-refractivity contribution in [3.63, 3.8) is 0 Å². The summed E-state index contributed by atoms with van der Waals surface area (Å²) in [5, 5.41) is 21.1. The Morgan fingerprint density at radius 3 is 2.02 bits per heavy atom. The van der Waals surface area contributed by atoms with Crippen molar-refractivity contribution >= 4 is 32.5 Å². The fourth-order valence-electron chi connectivity index (χ4n) is 9.47. The predicted octanol–water partition coefficient (Wildman–Crippen LogP) is 12.2. The summed E-state index contributed by atoms with van der Waals surface area (Å²) in [6, 6.07) is 58.9. The Bertz CT molecular complexity index is 3150. The normalized spacial score (nSPS) is 14.7. The Hall–Kier alpha value is -7.05. The van der Waals surface area contributed by atoms with Crippen molar-refractivity contribution in [3.05, 3.63) is 190 Å². The molecule has 2 heterocycles. The molecule has 4 nitrogen and oxygen atoms in total. The van der Waals surface area contributed by atoms with Crippen LogP contribution in [-0.4, -0.2) is 9.55 Å². The van der Waals surface area contributed by atoms with Crippen LogP contribution in [0.3, 0.4) is 0 Å². The van der Waals surface area contributed by atoms with E-state index < -0.39 is 5.41 Å². The van der Waals surface area contributed by atoms with Gasteiger partial charge in [0.25, 0.3) is 0 Å². The van der Waals surface area contributed by atoms with Crippen molar-refractivity contribution in [2.75, 3.05) is 0 Å². The maximum Gasteiger partial charge on any atom is 0.114 e. The average molecular weight is 719 g/mol. The molecule has 1 unspecified atom stereocenters. The monoisotopic (exact) mass is 718 g/mol. The molecule has 0 N–H and O–H groups in total. The van der Waals surface area contributed by atoms with Gasteiger partial charge in [-0.1, -0.05) is 110 Å². The highest BCUT2D eigenvalue weighted by molar-refractivity contribution is 7.20. The molecule has 1 atom stereocenters. The second-order valence-corrected chi connectivity index (χ2v) is 15.4. The van der Waals surface area contributed by atoms with Gasteiger partial charge in [0, 0.05) is 27.8 Å². The second kappa shape index (κ2) is 11.7.